The van der Waals surface area contributed by atoms with E-state index in [0.29, 0.717) is 0 Å². The van der Waals surface area contributed by atoms with E-state index in [1.165, 1.54) is 83.4 Å². The Balaban J connectivity index is 1.34. The summed E-state index contributed by atoms with van der Waals surface area (Å²) in [7, 11) is 0. The van der Waals surface area contributed by atoms with Crippen LogP contribution in [0.5, 0.6) is 0 Å². The van der Waals surface area contributed by atoms with Gasteiger partial charge in [-0.1, -0.05) is 31.2 Å². The van der Waals surface area contributed by atoms with Crippen molar-refractivity contribution >= 4 is 0 Å². The third-order valence-electron chi connectivity index (χ3n) is 6.80. The van der Waals surface area contributed by atoms with Gasteiger partial charge in [-0.3, -0.25) is 0 Å². The quantitative estimate of drug-likeness (QED) is 0.774. The molecule has 2 heterocycles. The van der Waals surface area contributed by atoms with Crippen LogP contribution in [0.1, 0.15) is 56.1 Å². The predicted molar refractivity (Wildman–Crippen MR) is 102 cm³/mol. The molecule has 0 spiro atoms. The fourth-order valence-electron chi connectivity index (χ4n) is 5.50. The SMILES string of the molecule is CCCN1CC2CC[C@@H](c3ccc(CCN4CCCC4)cc3)C2C1. The second-order valence-electron chi connectivity index (χ2n) is 8.41. The Kier molecular flexibility index (Phi) is 5.24. The zero-order chi connectivity index (χ0) is 16.4. The lowest BCUT2D eigenvalue weighted by molar-refractivity contribution is 0.306. The first-order chi connectivity index (χ1) is 11.8. The van der Waals surface area contributed by atoms with Crippen molar-refractivity contribution in [2.75, 3.05) is 39.3 Å². The van der Waals surface area contributed by atoms with E-state index in [9.17, 15) is 0 Å². The number of likely N-dealkylation sites (tertiary alicyclic amines) is 2. The zero-order valence-electron chi connectivity index (χ0n) is 15.4. The van der Waals surface area contributed by atoms with Crippen molar-refractivity contribution in [1.29, 1.82) is 0 Å². The van der Waals surface area contributed by atoms with Gasteiger partial charge in [-0.05, 0) is 87.0 Å². The molecule has 4 rings (SSSR count). The maximum Gasteiger partial charge on any atom is 0.00218 e. The molecule has 1 aliphatic carbocycles. The van der Waals surface area contributed by atoms with Crippen LogP contribution in [0.2, 0.25) is 0 Å². The lowest BCUT2D eigenvalue weighted by atomic mass is 9.86. The van der Waals surface area contributed by atoms with Gasteiger partial charge in [0.05, 0.1) is 0 Å². The summed E-state index contributed by atoms with van der Waals surface area (Å²) in [5.41, 5.74) is 3.14. The van der Waals surface area contributed by atoms with Gasteiger partial charge >= 0.3 is 0 Å². The molecule has 0 amide bonds. The lowest BCUT2D eigenvalue weighted by Crippen LogP contribution is -2.23. The van der Waals surface area contributed by atoms with E-state index in [0.717, 1.165) is 17.8 Å². The monoisotopic (exact) mass is 326 g/mol. The van der Waals surface area contributed by atoms with Gasteiger partial charge in [0.15, 0.2) is 0 Å². The maximum atomic E-state index is 2.71. The lowest BCUT2D eigenvalue weighted by Gasteiger charge is -2.21. The number of hydrogen-bond donors (Lipinski definition) is 0. The second-order valence-corrected chi connectivity index (χ2v) is 8.41. The van der Waals surface area contributed by atoms with Crippen LogP contribution in [0, 0.1) is 11.8 Å². The molecule has 2 unspecified atom stereocenters. The molecule has 0 N–H and O–H groups in total. The average molecular weight is 327 g/mol. The van der Waals surface area contributed by atoms with Gasteiger partial charge in [0.1, 0.15) is 0 Å². The Morgan fingerprint density at radius 1 is 0.917 bits per heavy atom. The van der Waals surface area contributed by atoms with Crippen LogP contribution in [0.15, 0.2) is 24.3 Å². The van der Waals surface area contributed by atoms with Crippen molar-refractivity contribution in [3.05, 3.63) is 35.4 Å². The first kappa shape index (κ1) is 16.6. The first-order valence-electron chi connectivity index (χ1n) is 10.4. The summed E-state index contributed by atoms with van der Waals surface area (Å²) in [6.07, 6.45) is 8.20. The fourth-order valence-corrected chi connectivity index (χ4v) is 5.50. The largest absolute Gasteiger partial charge is 0.303 e. The van der Waals surface area contributed by atoms with Crippen molar-refractivity contribution in [3.63, 3.8) is 0 Å². The minimum Gasteiger partial charge on any atom is -0.303 e. The molecule has 1 aromatic rings. The highest BCUT2D eigenvalue weighted by Gasteiger charge is 2.42. The molecule has 0 bridgehead atoms. The van der Waals surface area contributed by atoms with Crippen LogP contribution in [-0.4, -0.2) is 49.1 Å². The van der Waals surface area contributed by atoms with E-state index in [1.54, 1.807) is 5.56 Å². The summed E-state index contributed by atoms with van der Waals surface area (Å²) >= 11 is 0. The number of nitrogens with zero attached hydrogens (tertiary/aromatic N) is 2. The predicted octanol–water partition coefficient (Wildman–Crippen LogP) is 4.16. The summed E-state index contributed by atoms with van der Waals surface area (Å²) in [6.45, 7) is 10.2. The van der Waals surface area contributed by atoms with Gasteiger partial charge in [0.2, 0.25) is 0 Å². The van der Waals surface area contributed by atoms with E-state index >= 15 is 0 Å². The van der Waals surface area contributed by atoms with Gasteiger partial charge < -0.3 is 9.80 Å². The summed E-state index contributed by atoms with van der Waals surface area (Å²) in [4.78, 5) is 5.34. The standard InChI is InChI=1S/C22H34N2/c1-2-12-24-16-20-9-10-21(22(20)17-24)19-7-5-18(6-8-19)11-15-23-13-3-4-14-23/h5-8,20-22H,2-4,9-17H2,1H3/t20?,21-,22?/m0/s1. The van der Waals surface area contributed by atoms with Crippen molar-refractivity contribution in [2.24, 2.45) is 11.8 Å². The van der Waals surface area contributed by atoms with E-state index in [2.05, 4.69) is 41.0 Å². The molecule has 3 atom stereocenters. The molecule has 3 aliphatic rings. The molecular weight excluding hydrogens is 292 g/mol. The topological polar surface area (TPSA) is 6.48 Å². The fraction of sp³-hybridized carbons (Fsp3) is 0.727. The van der Waals surface area contributed by atoms with Gasteiger partial charge in [-0.2, -0.15) is 0 Å². The molecule has 24 heavy (non-hydrogen) atoms. The smallest absolute Gasteiger partial charge is 0.00218 e. The average Bonchev–Trinajstić information content (AvgIpc) is 3.31. The minimum atomic E-state index is 0.824. The third kappa shape index (κ3) is 3.55. The van der Waals surface area contributed by atoms with Gasteiger partial charge in [0.25, 0.3) is 0 Å². The van der Waals surface area contributed by atoms with E-state index in [1.807, 2.05) is 0 Å². The Labute approximate surface area is 148 Å². The highest BCUT2D eigenvalue weighted by atomic mass is 15.2. The normalized spacial score (nSPS) is 31.0. The van der Waals surface area contributed by atoms with Crippen LogP contribution in [0.4, 0.5) is 0 Å². The molecule has 2 saturated heterocycles. The van der Waals surface area contributed by atoms with E-state index in [-0.39, 0.29) is 0 Å². The highest BCUT2D eigenvalue weighted by molar-refractivity contribution is 5.28. The molecule has 2 nitrogen and oxygen atoms in total. The van der Waals surface area contributed by atoms with Crippen molar-refractivity contribution in [2.45, 2.75) is 51.4 Å². The molecule has 2 heteroatoms. The van der Waals surface area contributed by atoms with E-state index < -0.39 is 0 Å². The first-order valence-corrected chi connectivity index (χ1v) is 10.4. The van der Waals surface area contributed by atoms with Crippen LogP contribution >= 0.6 is 0 Å². The molecule has 1 saturated carbocycles. The maximum absolute atomic E-state index is 2.71. The summed E-state index contributed by atoms with van der Waals surface area (Å²) in [5, 5.41) is 0. The van der Waals surface area contributed by atoms with Gasteiger partial charge in [0, 0.05) is 19.6 Å². The molecule has 132 valence electrons. The summed E-state index contributed by atoms with van der Waals surface area (Å²) in [6, 6.07) is 9.73. The number of benzene rings is 1. The highest BCUT2D eigenvalue weighted by Crippen LogP contribution is 2.47. The van der Waals surface area contributed by atoms with Crippen LogP contribution in [0.25, 0.3) is 0 Å². The Hall–Kier alpha value is -0.860. The van der Waals surface area contributed by atoms with Crippen LogP contribution < -0.4 is 0 Å². The summed E-state index contributed by atoms with van der Waals surface area (Å²) in [5.74, 6) is 2.72. The zero-order valence-corrected chi connectivity index (χ0v) is 15.4. The number of rotatable bonds is 6. The number of hydrogen-bond acceptors (Lipinski definition) is 2. The Morgan fingerprint density at radius 3 is 2.46 bits per heavy atom. The molecular formula is C22H34N2. The molecule has 0 aromatic heterocycles. The number of fused-ring (bicyclic) bond motifs is 1. The minimum absolute atomic E-state index is 0.824. The molecule has 3 fully saturated rings. The van der Waals surface area contributed by atoms with Crippen molar-refractivity contribution in [1.82, 2.24) is 9.80 Å². The molecule has 1 aromatic carbocycles. The van der Waals surface area contributed by atoms with Crippen molar-refractivity contribution < 1.29 is 0 Å². The second kappa shape index (κ2) is 7.58. The third-order valence-corrected chi connectivity index (χ3v) is 6.80. The van der Waals surface area contributed by atoms with E-state index in [4.69, 9.17) is 0 Å². The summed E-state index contributed by atoms with van der Waals surface area (Å²) < 4.78 is 0. The molecule has 0 radical (unpaired) electrons. The van der Waals surface area contributed by atoms with Crippen LogP contribution in [0.3, 0.4) is 0 Å². The van der Waals surface area contributed by atoms with Crippen LogP contribution in [-0.2, 0) is 6.42 Å². The van der Waals surface area contributed by atoms with Gasteiger partial charge in [-0.25, -0.2) is 0 Å². The Bertz CT molecular complexity index is 517. The van der Waals surface area contributed by atoms with Crippen molar-refractivity contribution in [3.8, 4) is 0 Å². The Morgan fingerprint density at radius 2 is 1.71 bits per heavy atom. The molecule has 2 aliphatic heterocycles. The van der Waals surface area contributed by atoms with Gasteiger partial charge in [-0.15, -0.1) is 0 Å².